The van der Waals surface area contributed by atoms with Crippen molar-refractivity contribution in [2.45, 2.75) is 37.8 Å². The summed E-state index contributed by atoms with van der Waals surface area (Å²) in [5.74, 6) is -0.758. The molecule has 1 aliphatic rings. The first kappa shape index (κ1) is 17.7. The summed E-state index contributed by atoms with van der Waals surface area (Å²) in [6.45, 7) is 3.58. The Balaban J connectivity index is 1.81. The molecule has 2 N–H and O–H groups in total. The van der Waals surface area contributed by atoms with Gasteiger partial charge in [-0.3, -0.25) is 9.59 Å². The number of rotatable bonds is 4. The minimum absolute atomic E-state index is 0.216. The highest BCUT2D eigenvalue weighted by molar-refractivity contribution is 6.00. The molecule has 0 spiro atoms. The van der Waals surface area contributed by atoms with Gasteiger partial charge in [-0.05, 0) is 24.1 Å². The Labute approximate surface area is 153 Å². The van der Waals surface area contributed by atoms with Gasteiger partial charge >= 0.3 is 0 Å². The molecule has 1 heterocycles. The van der Waals surface area contributed by atoms with Crippen LogP contribution in [0.5, 0.6) is 0 Å². The van der Waals surface area contributed by atoms with Crippen LogP contribution < -0.4 is 10.6 Å². The van der Waals surface area contributed by atoms with Crippen LogP contribution in [0.25, 0.3) is 0 Å². The van der Waals surface area contributed by atoms with Crippen LogP contribution >= 0.6 is 0 Å². The molecule has 5 heteroatoms. The van der Waals surface area contributed by atoms with Crippen molar-refractivity contribution >= 4 is 11.8 Å². The molecule has 3 unspecified atom stereocenters. The number of nitrogens with one attached hydrogen (secondary N) is 2. The van der Waals surface area contributed by atoms with Gasteiger partial charge in [-0.25, -0.2) is 0 Å². The normalized spacial score (nSPS) is 23.5. The van der Waals surface area contributed by atoms with Crippen LogP contribution in [0.1, 0.15) is 36.5 Å². The second-order valence-electron chi connectivity index (χ2n) is 6.92. The van der Waals surface area contributed by atoms with Crippen molar-refractivity contribution in [3.63, 3.8) is 0 Å². The van der Waals surface area contributed by atoms with Gasteiger partial charge in [0.25, 0.3) is 0 Å². The molecule has 0 aromatic heterocycles. The van der Waals surface area contributed by atoms with Crippen LogP contribution in [-0.2, 0) is 16.0 Å². The summed E-state index contributed by atoms with van der Waals surface area (Å²) in [4.78, 5) is 25.5. The van der Waals surface area contributed by atoms with Crippen molar-refractivity contribution in [2.75, 3.05) is 0 Å². The number of carbonyl (C=O) groups excluding carboxylic acids is 2. The molecule has 1 saturated heterocycles. The fourth-order valence-corrected chi connectivity index (χ4v) is 3.43. The van der Waals surface area contributed by atoms with Crippen LogP contribution in [0, 0.1) is 11.3 Å². The van der Waals surface area contributed by atoms with Crippen molar-refractivity contribution < 1.29 is 9.59 Å². The predicted octanol–water partition coefficient (Wildman–Crippen LogP) is 2.28. The summed E-state index contributed by atoms with van der Waals surface area (Å²) in [6, 6.07) is 18.2. The molecule has 26 heavy (non-hydrogen) atoms. The van der Waals surface area contributed by atoms with Crippen molar-refractivity contribution in [3.8, 4) is 6.07 Å². The largest absolute Gasteiger partial charge is 0.342 e. The SMILES string of the molecule is CC(c1ccccc1C#N)C1NC(=O)C(C)(Cc2ccccc2)NC1=O. The lowest BCUT2D eigenvalue weighted by Crippen LogP contribution is -2.69. The lowest BCUT2D eigenvalue weighted by molar-refractivity contribution is -0.141. The zero-order valence-electron chi connectivity index (χ0n) is 14.8. The van der Waals surface area contributed by atoms with Gasteiger partial charge in [0, 0.05) is 12.3 Å². The third kappa shape index (κ3) is 3.31. The number of benzene rings is 2. The molecule has 132 valence electrons. The Morgan fingerprint density at radius 2 is 1.77 bits per heavy atom. The third-order valence-electron chi connectivity index (χ3n) is 4.94. The zero-order chi connectivity index (χ0) is 18.7. The number of nitriles is 1. The molecule has 3 atom stereocenters. The molecule has 1 aliphatic heterocycles. The van der Waals surface area contributed by atoms with Crippen LogP contribution in [0.15, 0.2) is 54.6 Å². The molecule has 0 radical (unpaired) electrons. The maximum Gasteiger partial charge on any atom is 0.246 e. The van der Waals surface area contributed by atoms with Gasteiger partial charge in [0.15, 0.2) is 0 Å². The molecule has 0 aliphatic carbocycles. The van der Waals surface area contributed by atoms with Crippen LogP contribution in [0.3, 0.4) is 0 Å². The standard InChI is InChI=1S/C21H21N3O2/c1-14(17-11-7-6-10-16(17)13-22)18-19(25)24-21(2,20(26)23-18)12-15-8-4-3-5-9-15/h3-11,14,18H,12H2,1-2H3,(H,23,26)(H,24,25). The summed E-state index contributed by atoms with van der Waals surface area (Å²) < 4.78 is 0. The first-order valence-corrected chi connectivity index (χ1v) is 8.60. The van der Waals surface area contributed by atoms with E-state index in [1.807, 2.05) is 49.4 Å². The monoisotopic (exact) mass is 347 g/mol. The second-order valence-corrected chi connectivity index (χ2v) is 6.92. The molecule has 1 fully saturated rings. The number of carbonyl (C=O) groups is 2. The Bertz CT molecular complexity index is 872. The van der Waals surface area contributed by atoms with E-state index in [9.17, 15) is 14.9 Å². The molecule has 2 aromatic rings. The first-order valence-electron chi connectivity index (χ1n) is 8.60. The van der Waals surface area contributed by atoms with E-state index in [1.54, 1.807) is 19.1 Å². The van der Waals surface area contributed by atoms with Gasteiger partial charge in [-0.1, -0.05) is 55.5 Å². The quantitative estimate of drug-likeness (QED) is 0.890. The van der Waals surface area contributed by atoms with Gasteiger partial charge in [0.2, 0.25) is 11.8 Å². The highest BCUT2D eigenvalue weighted by Gasteiger charge is 2.44. The number of hydrogen-bond donors (Lipinski definition) is 2. The summed E-state index contributed by atoms with van der Waals surface area (Å²) in [7, 11) is 0. The number of nitrogens with zero attached hydrogens (tertiary/aromatic N) is 1. The fraction of sp³-hybridized carbons (Fsp3) is 0.286. The van der Waals surface area contributed by atoms with Crippen molar-refractivity contribution in [3.05, 3.63) is 71.3 Å². The van der Waals surface area contributed by atoms with E-state index in [0.29, 0.717) is 12.0 Å². The molecular weight excluding hydrogens is 326 g/mol. The number of amides is 2. The highest BCUT2D eigenvalue weighted by Crippen LogP contribution is 2.26. The van der Waals surface area contributed by atoms with E-state index in [4.69, 9.17) is 0 Å². The Hall–Kier alpha value is -3.13. The van der Waals surface area contributed by atoms with Gasteiger partial charge in [-0.2, -0.15) is 5.26 Å². The number of piperazine rings is 1. The van der Waals surface area contributed by atoms with Crippen molar-refractivity contribution in [1.82, 2.24) is 10.6 Å². The first-order chi connectivity index (χ1) is 12.4. The molecule has 2 aromatic carbocycles. The van der Waals surface area contributed by atoms with E-state index in [2.05, 4.69) is 16.7 Å². The molecule has 5 nitrogen and oxygen atoms in total. The lowest BCUT2D eigenvalue weighted by atomic mass is 9.84. The van der Waals surface area contributed by atoms with E-state index < -0.39 is 11.6 Å². The third-order valence-corrected chi connectivity index (χ3v) is 4.94. The maximum atomic E-state index is 12.8. The smallest absolute Gasteiger partial charge is 0.246 e. The number of hydrogen-bond acceptors (Lipinski definition) is 3. The van der Waals surface area contributed by atoms with Gasteiger partial charge in [0.1, 0.15) is 11.6 Å². The average Bonchev–Trinajstić information content (AvgIpc) is 2.65. The van der Waals surface area contributed by atoms with Crippen molar-refractivity contribution in [2.24, 2.45) is 0 Å². The molecule has 3 rings (SSSR count). The average molecular weight is 347 g/mol. The Morgan fingerprint density at radius 1 is 1.12 bits per heavy atom. The minimum atomic E-state index is -0.997. The molecule has 0 saturated carbocycles. The topological polar surface area (TPSA) is 82.0 Å². The lowest BCUT2D eigenvalue weighted by Gasteiger charge is -2.39. The van der Waals surface area contributed by atoms with E-state index in [0.717, 1.165) is 11.1 Å². The van der Waals surface area contributed by atoms with Crippen molar-refractivity contribution in [1.29, 1.82) is 5.26 Å². The summed E-state index contributed by atoms with van der Waals surface area (Å²) in [5.41, 5.74) is 1.25. The van der Waals surface area contributed by atoms with E-state index in [-0.39, 0.29) is 17.7 Å². The fourth-order valence-electron chi connectivity index (χ4n) is 3.43. The molecule has 2 amide bonds. The Kier molecular flexibility index (Phi) is 4.77. The summed E-state index contributed by atoms with van der Waals surface area (Å²) >= 11 is 0. The minimum Gasteiger partial charge on any atom is -0.342 e. The Morgan fingerprint density at radius 3 is 2.46 bits per heavy atom. The van der Waals surface area contributed by atoms with Crippen LogP contribution in [0.4, 0.5) is 0 Å². The predicted molar refractivity (Wildman–Crippen MR) is 98.2 cm³/mol. The van der Waals surface area contributed by atoms with E-state index in [1.165, 1.54) is 0 Å². The molecule has 0 bridgehead atoms. The second kappa shape index (κ2) is 7.01. The zero-order valence-corrected chi connectivity index (χ0v) is 14.8. The van der Waals surface area contributed by atoms with Gasteiger partial charge in [-0.15, -0.1) is 0 Å². The summed E-state index contributed by atoms with van der Waals surface area (Å²) in [6.07, 6.45) is 0.418. The maximum absolute atomic E-state index is 12.8. The van der Waals surface area contributed by atoms with Crippen LogP contribution in [-0.4, -0.2) is 23.4 Å². The van der Waals surface area contributed by atoms with Gasteiger partial charge < -0.3 is 10.6 Å². The highest BCUT2D eigenvalue weighted by atomic mass is 16.2. The van der Waals surface area contributed by atoms with E-state index >= 15 is 0 Å². The van der Waals surface area contributed by atoms with Crippen LogP contribution in [0.2, 0.25) is 0 Å². The summed E-state index contributed by atoms with van der Waals surface area (Å²) in [5, 5.41) is 15.1. The molecular formula is C21H21N3O2. The van der Waals surface area contributed by atoms with Gasteiger partial charge in [0.05, 0.1) is 11.6 Å².